The second-order valence-electron chi connectivity index (χ2n) is 5.51. The summed E-state index contributed by atoms with van der Waals surface area (Å²) >= 11 is 0. The Kier molecular flexibility index (Phi) is 3.95. The van der Waals surface area contributed by atoms with E-state index in [1.54, 1.807) is 0 Å². The van der Waals surface area contributed by atoms with E-state index in [0.29, 0.717) is 6.04 Å². The molecular formula is C17H21N3. The molecule has 1 aliphatic rings. The van der Waals surface area contributed by atoms with Gasteiger partial charge in [-0.15, -0.1) is 0 Å². The monoisotopic (exact) mass is 267 g/mol. The Bertz CT molecular complexity index is 536. The molecule has 0 saturated heterocycles. The number of hydrogen-bond donors (Lipinski definition) is 1. The number of rotatable bonds is 4. The van der Waals surface area contributed by atoms with Gasteiger partial charge in [0.1, 0.15) is 0 Å². The first-order valence-electron chi connectivity index (χ1n) is 7.51. The van der Waals surface area contributed by atoms with Crippen molar-refractivity contribution in [1.82, 2.24) is 9.97 Å². The average molecular weight is 267 g/mol. The smallest absolute Gasteiger partial charge is 0.159 e. The summed E-state index contributed by atoms with van der Waals surface area (Å²) in [5.74, 6) is 1.58. The van der Waals surface area contributed by atoms with Crippen molar-refractivity contribution in [2.24, 2.45) is 5.92 Å². The molecule has 1 N–H and O–H groups in total. The van der Waals surface area contributed by atoms with E-state index >= 15 is 0 Å². The summed E-state index contributed by atoms with van der Waals surface area (Å²) in [6.45, 7) is 2.28. The van der Waals surface area contributed by atoms with Crippen LogP contribution >= 0.6 is 0 Å². The second kappa shape index (κ2) is 6.04. The first-order chi connectivity index (χ1) is 9.86. The van der Waals surface area contributed by atoms with E-state index in [1.165, 1.54) is 25.7 Å². The van der Waals surface area contributed by atoms with Crippen LogP contribution in [0.3, 0.4) is 0 Å². The van der Waals surface area contributed by atoms with Gasteiger partial charge in [-0.3, -0.25) is 0 Å². The Morgan fingerprint density at radius 2 is 1.85 bits per heavy atom. The first kappa shape index (κ1) is 13.1. The molecule has 0 spiro atoms. The molecule has 2 atom stereocenters. The van der Waals surface area contributed by atoms with E-state index in [0.717, 1.165) is 23.0 Å². The van der Waals surface area contributed by atoms with Crippen LogP contribution in [-0.4, -0.2) is 16.0 Å². The maximum atomic E-state index is 4.47. The van der Waals surface area contributed by atoms with Crippen LogP contribution in [-0.2, 0) is 0 Å². The fourth-order valence-corrected chi connectivity index (χ4v) is 3.07. The highest BCUT2D eigenvalue weighted by molar-refractivity contribution is 5.55. The Morgan fingerprint density at radius 3 is 2.55 bits per heavy atom. The lowest BCUT2D eigenvalue weighted by Gasteiger charge is -2.20. The summed E-state index contributed by atoms with van der Waals surface area (Å²) < 4.78 is 0. The summed E-state index contributed by atoms with van der Waals surface area (Å²) in [4.78, 5) is 8.94. The Balaban J connectivity index is 1.70. The molecule has 0 radical (unpaired) electrons. The van der Waals surface area contributed by atoms with E-state index in [4.69, 9.17) is 0 Å². The van der Waals surface area contributed by atoms with Crippen molar-refractivity contribution in [3.63, 3.8) is 0 Å². The number of nitrogens with one attached hydrogen (secondary N) is 1. The standard InChI is InChI=1S/C17H21N3/c1-2-13-9-6-10-16(13)20-15-11-18-17(19-12-15)14-7-4-3-5-8-14/h3-5,7-8,11-13,16,20H,2,6,9-10H2,1H3. The third-order valence-corrected chi connectivity index (χ3v) is 4.22. The van der Waals surface area contributed by atoms with Crippen LogP contribution in [0, 0.1) is 5.92 Å². The van der Waals surface area contributed by atoms with E-state index in [1.807, 2.05) is 42.7 Å². The normalized spacial score (nSPS) is 21.9. The lowest BCUT2D eigenvalue weighted by molar-refractivity contribution is 0.489. The van der Waals surface area contributed by atoms with Crippen LogP contribution in [0.2, 0.25) is 0 Å². The average Bonchev–Trinajstić information content (AvgIpc) is 2.96. The van der Waals surface area contributed by atoms with Crippen LogP contribution in [0.25, 0.3) is 11.4 Å². The van der Waals surface area contributed by atoms with E-state index < -0.39 is 0 Å². The van der Waals surface area contributed by atoms with Crippen LogP contribution in [0.4, 0.5) is 5.69 Å². The van der Waals surface area contributed by atoms with Gasteiger partial charge in [0.25, 0.3) is 0 Å². The van der Waals surface area contributed by atoms with E-state index in [-0.39, 0.29) is 0 Å². The maximum Gasteiger partial charge on any atom is 0.159 e. The summed E-state index contributed by atoms with van der Waals surface area (Å²) in [6, 6.07) is 10.7. The SMILES string of the molecule is CCC1CCCC1Nc1cnc(-c2ccccc2)nc1. The summed E-state index contributed by atoms with van der Waals surface area (Å²) in [5.41, 5.74) is 2.10. The molecule has 20 heavy (non-hydrogen) atoms. The third-order valence-electron chi connectivity index (χ3n) is 4.22. The Hall–Kier alpha value is -1.90. The summed E-state index contributed by atoms with van der Waals surface area (Å²) in [7, 11) is 0. The molecule has 1 aromatic carbocycles. The van der Waals surface area contributed by atoms with Gasteiger partial charge in [0.15, 0.2) is 5.82 Å². The number of hydrogen-bond acceptors (Lipinski definition) is 3. The Morgan fingerprint density at radius 1 is 1.10 bits per heavy atom. The quantitative estimate of drug-likeness (QED) is 0.905. The lowest BCUT2D eigenvalue weighted by atomic mass is 10.0. The molecular weight excluding hydrogens is 246 g/mol. The van der Waals surface area contributed by atoms with Gasteiger partial charge in [-0.2, -0.15) is 0 Å². The minimum absolute atomic E-state index is 0.589. The van der Waals surface area contributed by atoms with E-state index in [2.05, 4.69) is 22.2 Å². The van der Waals surface area contributed by atoms with Crippen LogP contribution < -0.4 is 5.32 Å². The van der Waals surface area contributed by atoms with Crippen LogP contribution in [0.5, 0.6) is 0 Å². The van der Waals surface area contributed by atoms with Gasteiger partial charge in [-0.05, 0) is 18.8 Å². The molecule has 1 heterocycles. The number of nitrogens with zero attached hydrogens (tertiary/aromatic N) is 2. The zero-order chi connectivity index (χ0) is 13.8. The van der Waals surface area contributed by atoms with Crippen LogP contribution in [0.1, 0.15) is 32.6 Å². The van der Waals surface area contributed by atoms with Crippen molar-refractivity contribution in [3.8, 4) is 11.4 Å². The first-order valence-corrected chi connectivity index (χ1v) is 7.51. The molecule has 0 aliphatic heterocycles. The van der Waals surface area contributed by atoms with Gasteiger partial charge in [-0.25, -0.2) is 9.97 Å². The molecule has 3 rings (SSSR count). The molecule has 2 unspecified atom stereocenters. The zero-order valence-electron chi connectivity index (χ0n) is 11.9. The zero-order valence-corrected chi connectivity index (χ0v) is 11.9. The highest BCUT2D eigenvalue weighted by Crippen LogP contribution is 2.30. The van der Waals surface area contributed by atoms with Crippen molar-refractivity contribution in [2.75, 3.05) is 5.32 Å². The number of benzene rings is 1. The highest BCUT2D eigenvalue weighted by Gasteiger charge is 2.25. The molecule has 0 bridgehead atoms. The van der Waals surface area contributed by atoms with Gasteiger partial charge in [-0.1, -0.05) is 50.1 Å². The molecule has 1 aromatic heterocycles. The van der Waals surface area contributed by atoms with Gasteiger partial charge < -0.3 is 5.32 Å². The summed E-state index contributed by atoms with van der Waals surface area (Å²) in [6.07, 6.45) is 9.00. The minimum atomic E-state index is 0.589. The van der Waals surface area contributed by atoms with Gasteiger partial charge in [0, 0.05) is 11.6 Å². The van der Waals surface area contributed by atoms with Gasteiger partial charge >= 0.3 is 0 Å². The molecule has 1 aliphatic carbocycles. The van der Waals surface area contributed by atoms with Crippen molar-refractivity contribution in [1.29, 1.82) is 0 Å². The predicted molar refractivity (Wildman–Crippen MR) is 82.5 cm³/mol. The fourth-order valence-electron chi connectivity index (χ4n) is 3.07. The second-order valence-corrected chi connectivity index (χ2v) is 5.51. The number of anilines is 1. The predicted octanol–water partition coefficient (Wildman–Crippen LogP) is 4.13. The largest absolute Gasteiger partial charge is 0.380 e. The van der Waals surface area contributed by atoms with Crippen molar-refractivity contribution >= 4 is 5.69 Å². The fraction of sp³-hybridized carbons (Fsp3) is 0.412. The third kappa shape index (κ3) is 2.82. The van der Waals surface area contributed by atoms with E-state index in [9.17, 15) is 0 Å². The topological polar surface area (TPSA) is 37.8 Å². The van der Waals surface area contributed by atoms with Gasteiger partial charge in [0.05, 0.1) is 18.1 Å². The molecule has 1 saturated carbocycles. The number of aromatic nitrogens is 2. The molecule has 3 nitrogen and oxygen atoms in total. The Labute approximate surface area is 120 Å². The minimum Gasteiger partial charge on any atom is -0.380 e. The van der Waals surface area contributed by atoms with Gasteiger partial charge in [0.2, 0.25) is 0 Å². The van der Waals surface area contributed by atoms with Crippen LogP contribution in [0.15, 0.2) is 42.7 Å². The molecule has 3 heteroatoms. The molecule has 1 fully saturated rings. The van der Waals surface area contributed by atoms with Crippen molar-refractivity contribution in [3.05, 3.63) is 42.7 Å². The van der Waals surface area contributed by atoms with Crippen molar-refractivity contribution in [2.45, 2.75) is 38.6 Å². The van der Waals surface area contributed by atoms with Crippen molar-refractivity contribution < 1.29 is 0 Å². The molecule has 0 amide bonds. The lowest BCUT2D eigenvalue weighted by Crippen LogP contribution is -2.23. The maximum absolute atomic E-state index is 4.47. The summed E-state index contributed by atoms with van der Waals surface area (Å²) in [5, 5.41) is 3.60. The molecule has 104 valence electrons. The highest BCUT2D eigenvalue weighted by atomic mass is 15.0. The molecule has 2 aromatic rings.